The van der Waals surface area contributed by atoms with E-state index in [1.54, 1.807) is 7.11 Å². The van der Waals surface area contributed by atoms with E-state index in [-0.39, 0.29) is 6.04 Å². The SMILES string of the molecule is COc1ccc(Br)c(C(N)C2CC3CCC2C3)c1. The molecule has 0 aromatic heterocycles. The minimum absolute atomic E-state index is 0.143. The second-order valence-electron chi connectivity index (χ2n) is 5.75. The zero-order valence-electron chi connectivity index (χ0n) is 10.7. The standard InChI is InChI=1S/C15H20BrNO/c1-18-11-4-5-14(16)13(8-11)15(17)12-7-9-2-3-10(12)6-9/h4-5,8-10,12,15H,2-3,6-7,17H2,1H3. The lowest BCUT2D eigenvalue weighted by atomic mass is 9.81. The first-order valence-corrected chi connectivity index (χ1v) is 7.57. The smallest absolute Gasteiger partial charge is 0.119 e. The predicted octanol–water partition coefficient (Wildman–Crippen LogP) is 3.89. The molecular formula is C15H20BrNO. The Bertz CT molecular complexity index is 448. The van der Waals surface area contributed by atoms with E-state index in [4.69, 9.17) is 10.5 Å². The van der Waals surface area contributed by atoms with Gasteiger partial charge in [-0.25, -0.2) is 0 Å². The van der Waals surface area contributed by atoms with Crippen LogP contribution in [0.3, 0.4) is 0 Å². The Morgan fingerprint density at radius 2 is 2.17 bits per heavy atom. The van der Waals surface area contributed by atoms with E-state index >= 15 is 0 Å². The Kier molecular flexibility index (Phi) is 3.37. The number of methoxy groups -OCH3 is 1. The molecule has 3 heteroatoms. The molecule has 0 heterocycles. The van der Waals surface area contributed by atoms with Crippen LogP contribution in [0, 0.1) is 17.8 Å². The van der Waals surface area contributed by atoms with Crippen LogP contribution in [-0.4, -0.2) is 7.11 Å². The molecule has 4 unspecified atom stereocenters. The molecule has 2 aliphatic rings. The van der Waals surface area contributed by atoms with Gasteiger partial charge in [-0.1, -0.05) is 22.4 Å². The van der Waals surface area contributed by atoms with E-state index in [1.807, 2.05) is 12.1 Å². The molecule has 2 nitrogen and oxygen atoms in total. The Labute approximate surface area is 117 Å². The van der Waals surface area contributed by atoms with Gasteiger partial charge in [-0.2, -0.15) is 0 Å². The molecule has 2 fully saturated rings. The van der Waals surface area contributed by atoms with E-state index in [0.717, 1.165) is 22.1 Å². The van der Waals surface area contributed by atoms with Gasteiger partial charge in [-0.3, -0.25) is 0 Å². The summed E-state index contributed by atoms with van der Waals surface area (Å²) < 4.78 is 6.42. The van der Waals surface area contributed by atoms with Gasteiger partial charge in [0.25, 0.3) is 0 Å². The van der Waals surface area contributed by atoms with Gasteiger partial charge in [0, 0.05) is 10.5 Å². The van der Waals surface area contributed by atoms with Crippen molar-refractivity contribution in [1.82, 2.24) is 0 Å². The molecule has 2 N–H and O–H groups in total. The first-order valence-electron chi connectivity index (χ1n) is 6.78. The number of nitrogens with two attached hydrogens (primary N) is 1. The number of halogens is 1. The Morgan fingerprint density at radius 3 is 2.78 bits per heavy atom. The summed E-state index contributed by atoms with van der Waals surface area (Å²) in [5.74, 6) is 3.34. The molecule has 3 rings (SSSR count). The molecule has 0 amide bonds. The molecule has 1 aromatic carbocycles. The molecule has 2 bridgehead atoms. The Hall–Kier alpha value is -0.540. The fourth-order valence-electron chi connectivity index (χ4n) is 3.87. The summed E-state index contributed by atoms with van der Waals surface area (Å²) in [7, 11) is 1.70. The van der Waals surface area contributed by atoms with Crippen molar-refractivity contribution in [3.8, 4) is 5.75 Å². The van der Waals surface area contributed by atoms with Crippen LogP contribution >= 0.6 is 15.9 Å². The normalized spacial score (nSPS) is 31.6. The summed E-state index contributed by atoms with van der Waals surface area (Å²) in [6.45, 7) is 0. The van der Waals surface area contributed by atoms with Gasteiger partial charge in [-0.15, -0.1) is 0 Å². The van der Waals surface area contributed by atoms with E-state index in [1.165, 1.54) is 31.2 Å². The van der Waals surface area contributed by atoms with Crippen molar-refractivity contribution in [2.24, 2.45) is 23.5 Å². The molecule has 4 atom stereocenters. The zero-order valence-corrected chi connectivity index (χ0v) is 12.3. The fourth-order valence-corrected chi connectivity index (χ4v) is 4.38. The van der Waals surface area contributed by atoms with Crippen LogP contribution in [0.1, 0.15) is 37.3 Å². The van der Waals surface area contributed by atoms with Crippen molar-refractivity contribution in [1.29, 1.82) is 0 Å². The van der Waals surface area contributed by atoms with Gasteiger partial charge in [-0.05, 0) is 60.8 Å². The highest BCUT2D eigenvalue weighted by Crippen LogP contribution is 2.52. The van der Waals surface area contributed by atoms with Crippen LogP contribution in [0.5, 0.6) is 5.75 Å². The molecule has 98 valence electrons. The van der Waals surface area contributed by atoms with Crippen molar-refractivity contribution in [3.05, 3.63) is 28.2 Å². The predicted molar refractivity (Wildman–Crippen MR) is 76.6 cm³/mol. The lowest BCUT2D eigenvalue weighted by Crippen LogP contribution is -2.26. The van der Waals surface area contributed by atoms with Gasteiger partial charge in [0.15, 0.2) is 0 Å². The summed E-state index contributed by atoms with van der Waals surface area (Å²) >= 11 is 3.62. The summed E-state index contributed by atoms with van der Waals surface area (Å²) in [6.07, 6.45) is 5.52. The van der Waals surface area contributed by atoms with Gasteiger partial charge < -0.3 is 10.5 Å². The van der Waals surface area contributed by atoms with Crippen LogP contribution in [0.4, 0.5) is 0 Å². The second-order valence-corrected chi connectivity index (χ2v) is 6.61. The summed E-state index contributed by atoms with van der Waals surface area (Å²) in [5.41, 5.74) is 7.73. The number of fused-ring (bicyclic) bond motifs is 2. The summed E-state index contributed by atoms with van der Waals surface area (Å²) in [5, 5.41) is 0. The third-order valence-corrected chi connectivity index (χ3v) is 5.54. The number of hydrogen-bond acceptors (Lipinski definition) is 2. The average Bonchev–Trinajstić information content (AvgIpc) is 3.01. The number of hydrogen-bond donors (Lipinski definition) is 1. The highest BCUT2D eigenvalue weighted by Gasteiger charge is 2.42. The summed E-state index contributed by atoms with van der Waals surface area (Å²) in [6, 6.07) is 6.24. The quantitative estimate of drug-likeness (QED) is 0.919. The van der Waals surface area contributed by atoms with Crippen LogP contribution in [0.2, 0.25) is 0 Å². The van der Waals surface area contributed by atoms with Crippen molar-refractivity contribution >= 4 is 15.9 Å². The van der Waals surface area contributed by atoms with Crippen molar-refractivity contribution in [2.45, 2.75) is 31.7 Å². The van der Waals surface area contributed by atoms with Crippen molar-refractivity contribution < 1.29 is 4.74 Å². The molecule has 0 radical (unpaired) electrons. The number of rotatable bonds is 3. The maximum atomic E-state index is 6.53. The van der Waals surface area contributed by atoms with E-state index in [9.17, 15) is 0 Å². The highest BCUT2D eigenvalue weighted by molar-refractivity contribution is 9.10. The largest absolute Gasteiger partial charge is 0.497 e. The van der Waals surface area contributed by atoms with Crippen LogP contribution in [0.15, 0.2) is 22.7 Å². The van der Waals surface area contributed by atoms with Gasteiger partial charge in [0.05, 0.1) is 7.11 Å². The molecule has 18 heavy (non-hydrogen) atoms. The molecule has 0 aliphatic heterocycles. The van der Waals surface area contributed by atoms with E-state index in [2.05, 4.69) is 22.0 Å². The third kappa shape index (κ3) is 2.08. The number of ether oxygens (including phenoxy) is 1. The summed E-state index contributed by atoms with van der Waals surface area (Å²) in [4.78, 5) is 0. The van der Waals surface area contributed by atoms with Crippen LogP contribution < -0.4 is 10.5 Å². The average molecular weight is 310 g/mol. The Balaban J connectivity index is 1.85. The highest BCUT2D eigenvalue weighted by atomic mass is 79.9. The first-order chi connectivity index (χ1) is 8.69. The molecule has 2 aliphatic carbocycles. The van der Waals surface area contributed by atoms with E-state index in [0.29, 0.717) is 5.92 Å². The van der Waals surface area contributed by atoms with Gasteiger partial charge >= 0.3 is 0 Å². The molecule has 0 spiro atoms. The lowest BCUT2D eigenvalue weighted by Gasteiger charge is -2.28. The number of benzene rings is 1. The van der Waals surface area contributed by atoms with Crippen LogP contribution in [-0.2, 0) is 0 Å². The molecule has 0 saturated heterocycles. The molecular weight excluding hydrogens is 290 g/mol. The molecule has 1 aromatic rings. The van der Waals surface area contributed by atoms with Gasteiger partial charge in [0.2, 0.25) is 0 Å². The van der Waals surface area contributed by atoms with E-state index < -0.39 is 0 Å². The monoisotopic (exact) mass is 309 g/mol. The Morgan fingerprint density at radius 1 is 1.33 bits per heavy atom. The lowest BCUT2D eigenvalue weighted by molar-refractivity contribution is 0.283. The fraction of sp³-hybridized carbons (Fsp3) is 0.600. The first kappa shape index (κ1) is 12.5. The zero-order chi connectivity index (χ0) is 12.7. The maximum absolute atomic E-state index is 6.53. The minimum Gasteiger partial charge on any atom is -0.497 e. The maximum Gasteiger partial charge on any atom is 0.119 e. The van der Waals surface area contributed by atoms with Crippen molar-refractivity contribution in [3.63, 3.8) is 0 Å². The van der Waals surface area contributed by atoms with Crippen molar-refractivity contribution in [2.75, 3.05) is 7.11 Å². The topological polar surface area (TPSA) is 35.2 Å². The molecule has 2 saturated carbocycles. The van der Waals surface area contributed by atoms with Gasteiger partial charge in [0.1, 0.15) is 5.75 Å². The third-order valence-electron chi connectivity index (χ3n) is 4.82. The minimum atomic E-state index is 0.143. The van der Waals surface area contributed by atoms with Crippen LogP contribution in [0.25, 0.3) is 0 Å². The second kappa shape index (κ2) is 4.86.